The van der Waals surface area contributed by atoms with Crippen molar-refractivity contribution in [3.63, 3.8) is 0 Å². The molecule has 2 atom stereocenters. The molecule has 1 amide bonds. The molecule has 0 bridgehead atoms. The molecule has 0 aromatic carbocycles. The summed E-state index contributed by atoms with van der Waals surface area (Å²) in [5.74, 6) is -3.02. The maximum Gasteiger partial charge on any atom is 0.252 e. The van der Waals surface area contributed by atoms with Crippen LogP contribution >= 0.6 is 0 Å². The van der Waals surface area contributed by atoms with Crippen molar-refractivity contribution in [3.05, 3.63) is 0 Å². The van der Waals surface area contributed by atoms with Crippen molar-refractivity contribution < 1.29 is 13.6 Å². The van der Waals surface area contributed by atoms with E-state index in [9.17, 15) is 13.6 Å². The van der Waals surface area contributed by atoms with Crippen LogP contribution in [0.25, 0.3) is 0 Å². The third-order valence-electron chi connectivity index (χ3n) is 4.51. The molecule has 2 aliphatic heterocycles. The first-order chi connectivity index (χ1) is 8.08. The van der Waals surface area contributed by atoms with Gasteiger partial charge in [0.15, 0.2) is 0 Å². The summed E-state index contributed by atoms with van der Waals surface area (Å²) in [5.41, 5.74) is 0. The fraction of sp³-hybridized carbons (Fsp3) is 0.917. The molecule has 0 aromatic rings. The van der Waals surface area contributed by atoms with Crippen LogP contribution in [0.5, 0.6) is 0 Å². The molecule has 0 radical (unpaired) electrons. The Hall–Kier alpha value is -0.710. The first kappa shape index (κ1) is 11.4. The quantitative estimate of drug-likeness (QED) is 0.749. The SMILES string of the molecule is O=C(C1CNC1)N1CC2CCCC(F)(F)C2C1. The van der Waals surface area contributed by atoms with Gasteiger partial charge >= 0.3 is 0 Å². The normalized spacial score (nSPS) is 36.5. The summed E-state index contributed by atoms with van der Waals surface area (Å²) < 4.78 is 27.5. The fourth-order valence-corrected chi connectivity index (χ4v) is 3.33. The van der Waals surface area contributed by atoms with E-state index in [-0.39, 0.29) is 30.7 Å². The molecule has 1 aliphatic carbocycles. The number of halogens is 2. The first-order valence-corrected chi connectivity index (χ1v) is 6.45. The lowest BCUT2D eigenvalue weighted by atomic mass is 9.79. The summed E-state index contributed by atoms with van der Waals surface area (Å²) in [6.07, 6.45) is 1.45. The van der Waals surface area contributed by atoms with Gasteiger partial charge in [-0.05, 0) is 18.8 Å². The van der Waals surface area contributed by atoms with Gasteiger partial charge in [-0.1, -0.05) is 0 Å². The molecule has 1 N–H and O–H groups in total. The summed E-state index contributed by atoms with van der Waals surface area (Å²) in [6, 6.07) is 0. The minimum atomic E-state index is -2.56. The van der Waals surface area contributed by atoms with Crippen molar-refractivity contribution >= 4 is 5.91 Å². The zero-order chi connectivity index (χ0) is 12.0. The number of fused-ring (bicyclic) bond motifs is 1. The van der Waals surface area contributed by atoms with E-state index in [0.717, 1.165) is 6.42 Å². The third-order valence-corrected chi connectivity index (χ3v) is 4.51. The van der Waals surface area contributed by atoms with Crippen LogP contribution in [0.15, 0.2) is 0 Å². The third kappa shape index (κ3) is 1.84. The number of carbonyl (C=O) groups is 1. The van der Waals surface area contributed by atoms with Gasteiger partial charge in [0.1, 0.15) is 0 Å². The maximum absolute atomic E-state index is 13.7. The predicted octanol–water partition coefficient (Wildman–Crippen LogP) is 1.10. The summed E-state index contributed by atoms with van der Waals surface area (Å²) >= 11 is 0. The molecule has 0 aromatic heterocycles. The average Bonchev–Trinajstić information content (AvgIpc) is 2.59. The van der Waals surface area contributed by atoms with Crippen molar-refractivity contribution in [3.8, 4) is 0 Å². The molecular formula is C12H18F2N2O. The molecule has 3 rings (SSSR count). The number of nitrogens with zero attached hydrogens (tertiary/aromatic N) is 1. The van der Waals surface area contributed by atoms with Crippen LogP contribution in [0, 0.1) is 17.8 Å². The second-order valence-electron chi connectivity index (χ2n) is 5.62. The number of amides is 1. The Balaban J connectivity index is 1.69. The molecule has 3 nitrogen and oxygen atoms in total. The largest absolute Gasteiger partial charge is 0.342 e. The van der Waals surface area contributed by atoms with Crippen molar-refractivity contribution in [2.75, 3.05) is 26.2 Å². The average molecular weight is 244 g/mol. The van der Waals surface area contributed by atoms with Crippen molar-refractivity contribution in [1.82, 2.24) is 10.2 Å². The summed E-state index contributed by atoms with van der Waals surface area (Å²) in [7, 11) is 0. The molecule has 1 saturated carbocycles. The molecule has 3 fully saturated rings. The van der Waals surface area contributed by atoms with Crippen molar-refractivity contribution in [2.45, 2.75) is 25.2 Å². The van der Waals surface area contributed by atoms with Crippen LogP contribution in [-0.2, 0) is 4.79 Å². The molecule has 2 saturated heterocycles. The van der Waals surface area contributed by atoms with E-state index < -0.39 is 11.8 Å². The second-order valence-corrected chi connectivity index (χ2v) is 5.62. The van der Waals surface area contributed by atoms with Crippen LogP contribution in [0.4, 0.5) is 8.78 Å². The Morgan fingerprint density at radius 2 is 2.06 bits per heavy atom. The van der Waals surface area contributed by atoms with Crippen LogP contribution in [-0.4, -0.2) is 42.9 Å². The molecule has 2 heterocycles. The van der Waals surface area contributed by atoms with Gasteiger partial charge in [-0.2, -0.15) is 0 Å². The van der Waals surface area contributed by atoms with E-state index in [2.05, 4.69) is 5.32 Å². The van der Waals surface area contributed by atoms with Gasteiger partial charge in [0, 0.05) is 38.5 Å². The van der Waals surface area contributed by atoms with Gasteiger partial charge in [-0.25, -0.2) is 8.78 Å². The summed E-state index contributed by atoms with van der Waals surface area (Å²) in [6.45, 7) is 2.24. The molecular weight excluding hydrogens is 226 g/mol. The lowest BCUT2D eigenvalue weighted by molar-refractivity contribution is -0.136. The lowest BCUT2D eigenvalue weighted by Crippen LogP contribution is -2.51. The van der Waals surface area contributed by atoms with Gasteiger partial charge in [-0.15, -0.1) is 0 Å². The number of carbonyl (C=O) groups excluding carboxylic acids is 1. The molecule has 2 unspecified atom stereocenters. The van der Waals surface area contributed by atoms with E-state index in [1.165, 1.54) is 0 Å². The molecule has 17 heavy (non-hydrogen) atoms. The highest BCUT2D eigenvalue weighted by atomic mass is 19.3. The van der Waals surface area contributed by atoms with E-state index in [4.69, 9.17) is 0 Å². The zero-order valence-electron chi connectivity index (χ0n) is 9.79. The van der Waals surface area contributed by atoms with Crippen molar-refractivity contribution in [2.24, 2.45) is 17.8 Å². The Kier molecular flexibility index (Phi) is 2.61. The smallest absolute Gasteiger partial charge is 0.252 e. The predicted molar refractivity (Wildman–Crippen MR) is 58.7 cm³/mol. The standard InChI is InChI=1S/C12H18F2N2O/c13-12(14)3-1-2-8-6-16(7-10(8)12)11(17)9-4-15-5-9/h8-10,15H,1-7H2. The highest BCUT2D eigenvalue weighted by molar-refractivity contribution is 5.80. The lowest BCUT2D eigenvalue weighted by Gasteiger charge is -2.32. The van der Waals surface area contributed by atoms with Gasteiger partial charge in [-0.3, -0.25) is 4.79 Å². The topological polar surface area (TPSA) is 32.3 Å². The number of nitrogens with one attached hydrogen (secondary N) is 1. The van der Waals surface area contributed by atoms with Crippen LogP contribution in [0.3, 0.4) is 0 Å². The van der Waals surface area contributed by atoms with E-state index >= 15 is 0 Å². The highest BCUT2D eigenvalue weighted by Crippen LogP contribution is 2.46. The van der Waals surface area contributed by atoms with Crippen LogP contribution < -0.4 is 5.32 Å². The zero-order valence-corrected chi connectivity index (χ0v) is 9.79. The first-order valence-electron chi connectivity index (χ1n) is 6.45. The Morgan fingerprint density at radius 1 is 1.29 bits per heavy atom. The molecule has 96 valence electrons. The van der Waals surface area contributed by atoms with E-state index in [1.807, 2.05) is 0 Å². The number of hydrogen-bond donors (Lipinski definition) is 1. The summed E-state index contributed by atoms with van der Waals surface area (Å²) in [4.78, 5) is 13.7. The minimum absolute atomic E-state index is 0.00117. The van der Waals surface area contributed by atoms with E-state index in [0.29, 0.717) is 26.1 Å². The fourth-order valence-electron chi connectivity index (χ4n) is 3.33. The Labute approximate surface area is 99.5 Å². The van der Waals surface area contributed by atoms with Gasteiger partial charge in [0.05, 0.1) is 5.92 Å². The van der Waals surface area contributed by atoms with Crippen LogP contribution in [0.2, 0.25) is 0 Å². The number of rotatable bonds is 1. The molecule has 5 heteroatoms. The Bertz CT molecular complexity index is 330. The minimum Gasteiger partial charge on any atom is -0.342 e. The Morgan fingerprint density at radius 3 is 2.65 bits per heavy atom. The summed E-state index contributed by atoms with van der Waals surface area (Å²) in [5, 5.41) is 3.05. The van der Waals surface area contributed by atoms with Gasteiger partial charge in [0.25, 0.3) is 5.92 Å². The van der Waals surface area contributed by atoms with Gasteiger partial charge in [0.2, 0.25) is 5.91 Å². The van der Waals surface area contributed by atoms with Crippen molar-refractivity contribution in [1.29, 1.82) is 0 Å². The number of alkyl halides is 2. The number of hydrogen-bond acceptors (Lipinski definition) is 2. The van der Waals surface area contributed by atoms with Gasteiger partial charge < -0.3 is 10.2 Å². The number of likely N-dealkylation sites (tertiary alicyclic amines) is 1. The maximum atomic E-state index is 13.7. The van der Waals surface area contributed by atoms with E-state index in [1.54, 1.807) is 4.90 Å². The monoisotopic (exact) mass is 244 g/mol. The molecule has 0 spiro atoms. The second kappa shape index (κ2) is 3.90. The molecule has 3 aliphatic rings. The highest BCUT2D eigenvalue weighted by Gasteiger charge is 2.52. The van der Waals surface area contributed by atoms with Crippen LogP contribution in [0.1, 0.15) is 19.3 Å².